The maximum atomic E-state index is 12.5. The van der Waals surface area contributed by atoms with Gasteiger partial charge >= 0.3 is 0 Å². The van der Waals surface area contributed by atoms with E-state index in [1.807, 2.05) is 53.9 Å². The van der Waals surface area contributed by atoms with E-state index in [4.69, 9.17) is 16.3 Å². The Bertz CT molecular complexity index is 959. The fraction of sp³-hybridized carbons (Fsp3) is 0.211. The van der Waals surface area contributed by atoms with Gasteiger partial charge in [-0.15, -0.1) is 10.2 Å². The first-order valence-electron chi connectivity index (χ1n) is 8.42. The third-order valence-electron chi connectivity index (χ3n) is 3.91. The molecule has 0 aliphatic heterocycles. The van der Waals surface area contributed by atoms with Gasteiger partial charge in [-0.3, -0.25) is 9.36 Å². The van der Waals surface area contributed by atoms with Gasteiger partial charge in [-0.25, -0.2) is 0 Å². The van der Waals surface area contributed by atoms with E-state index in [2.05, 4.69) is 15.5 Å². The Morgan fingerprint density at radius 2 is 2.00 bits per heavy atom. The predicted molar refractivity (Wildman–Crippen MR) is 113 cm³/mol. The van der Waals surface area contributed by atoms with Crippen molar-refractivity contribution >= 4 is 40.6 Å². The zero-order valence-electron chi connectivity index (χ0n) is 15.7. The van der Waals surface area contributed by atoms with E-state index in [9.17, 15) is 4.79 Å². The summed E-state index contributed by atoms with van der Waals surface area (Å²) in [5.74, 6) is 0.803. The third kappa shape index (κ3) is 4.58. The quantitative estimate of drug-likeness (QED) is 0.590. The summed E-state index contributed by atoms with van der Waals surface area (Å²) >= 11 is 7.55. The molecular formula is C19H20ClN5O2S. The minimum Gasteiger partial charge on any atom is -0.497 e. The minimum atomic E-state index is -0.153. The Hall–Kier alpha value is -2.71. The van der Waals surface area contributed by atoms with Crippen molar-refractivity contribution in [2.75, 3.05) is 37.2 Å². The molecule has 0 bridgehead atoms. The average molecular weight is 418 g/mol. The summed E-state index contributed by atoms with van der Waals surface area (Å²) in [4.78, 5) is 14.3. The standard InChI is InChI=1S/C19H20ClN5O2S/c1-24(2)18-15(20)5-4-6-16(18)22-17(26)11-28-19-23-21-12-25(19)13-7-9-14(27-3)10-8-13/h4-10,12H,11H2,1-3H3,(H,22,26). The highest BCUT2D eigenvalue weighted by Gasteiger charge is 2.14. The second-order valence-electron chi connectivity index (χ2n) is 6.05. The lowest BCUT2D eigenvalue weighted by atomic mass is 10.2. The average Bonchev–Trinajstić information content (AvgIpc) is 3.15. The van der Waals surface area contributed by atoms with Crippen LogP contribution in [-0.2, 0) is 4.79 Å². The monoisotopic (exact) mass is 417 g/mol. The summed E-state index contributed by atoms with van der Waals surface area (Å²) < 4.78 is 7.00. The molecule has 3 aromatic rings. The van der Waals surface area contributed by atoms with Gasteiger partial charge < -0.3 is 15.0 Å². The highest BCUT2D eigenvalue weighted by molar-refractivity contribution is 7.99. The first kappa shape index (κ1) is 20.0. The first-order chi connectivity index (χ1) is 13.5. The second kappa shape index (κ2) is 8.99. The van der Waals surface area contributed by atoms with Crippen LogP contribution in [0.3, 0.4) is 0 Å². The fourth-order valence-electron chi connectivity index (χ4n) is 2.63. The van der Waals surface area contributed by atoms with E-state index < -0.39 is 0 Å². The number of amides is 1. The molecule has 2 aromatic carbocycles. The number of hydrogen-bond donors (Lipinski definition) is 1. The zero-order valence-corrected chi connectivity index (χ0v) is 17.3. The smallest absolute Gasteiger partial charge is 0.234 e. The number of nitrogens with one attached hydrogen (secondary N) is 1. The van der Waals surface area contributed by atoms with Crippen LogP contribution in [0, 0.1) is 0 Å². The van der Waals surface area contributed by atoms with Crippen molar-refractivity contribution in [1.29, 1.82) is 0 Å². The van der Waals surface area contributed by atoms with E-state index in [1.165, 1.54) is 11.8 Å². The number of aromatic nitrogens is 3. The van der Waals surface area contributed by atoms with Crippen molar-refractivity contribution in [3.8, 4) is 11.4 Å². The van der Waals surface area contributed by atoms with Gasteiger partial charge in [0.1, 0.15) is 12.1 Å². The molecule has 0 aliphatic carbocycles. The number of thioether (sulfide) groups is 1. The van der Waals surface area contributed by atoms with Crippen LogP contribution in [0.1, 0.15) is 0 Å². The van der Waals surface area contributed by atoms with E-state index in [0.717, 1.165) is 17.1 Å². The van der Waals surface area contributed by atoms with E-state index in [1.54, 1.807) is 25.6 Å². The number of methoxy groups -OCH3 is 1. The van der Waals surface area contributed by atoms with Crippen molar-refractivity contribution in [3.05, 3.63) is 53.8 Å². The highest BCUT2D eigenvalue weighted by Crippen LogP contribution is 2.32. The topological polar surface area (TPSA) is 72.3 Å². The maximum Gasteiger partial charge on any atom is 0.234 e. The summed E-state index contributed by atoms with van der Waals surface area (Å²) in [6, 6.07) is 12.9. The molecule has 9 heteroatoms. The Balaban J connectivity index is 1.68. The number of carbonyl (C=O) groups is 1. The van der Waals surface area contributed by atoms with Crippen molar-refractivity contribution in [2.24, 2.45) is 0 Å². The summed E-state index contributed by atoms with van der Waals surface area (Å²) in [5, 5.41) is 12.2. The third-order valence-corrected chi connectivity index (χ3v) is 5.16. The molecule has 0 saturated heterocycles. The fourth-order valence-corrected chi connectivity index (χ4v) is 3.70. The molecular weight excluding hydrogens is 398 g/mol. The zero-order chi connectivity index (χ0) is 20.1. The van der Waals surface area contributed by atoms with Crippen LogP contribution in [0.25, 0.3) is 5.69 Å². The molecule has 1 aromatic heterocycles. The number of benzene rings is 2. The minimum absolute atomic E-state index is 0.153. The van der Waals surface area contributed by atoms with E-state index in [0.29, 0.717) is 15.9 Å². The van der Waals surface area contributed by atoms with Gasteiger partial charge in [-0.2, -0.15) is 0 Å². The van der Waals surface area contributed by atoms with E-state index in [-0.39, 0.29) is 11.7 Å². The van der Waals surface area contributed by atoms with Crippen LogP contribution in [-0.4, -0.2) is 47.6 Å². The molecule has 3 rings (SSSR count). The summed E-state index contributed by atoms with van der Waals surface area (Å²) in [7, 11) is 5.38. The largest absolute Gasteiger partial charge is 0.497 e. The number of halogens is 1. The SMILES string of the molecule is COc1ccc(-n2cnnc2SCC(=O)Nc2cccc(Cl)c2N(C)C)cc1. The van der Waals surface area contributed by atoms with Gasteiger partial charge in [0.15, 0.2) is 5.16 Å². The van der Waals surface area contributed by atoms with E-state index >= 15 is 0 Å². The van der Waals surface area contributed by atoms with Crippen LogP contribution in [0.4, 0.5) is 11.4 Å². The van der Waals surface area contributed by atoms with Crippen molar-refractivity contribution in [2.45, 2.75) is 5.16 Å². The molecule has 1 heterocycles. The van der Waals surface area contributed by atoms with Crippen LogP contribution >= 0.6 is 23.4 Å². The number of anilines is 2. The van der Waals surface area contributed by atoms with Gasteiger partial charge in [-0.1, -0.05) is 29.4 Å². The van der Waals surface area contributed by atoms with Gasteiger partial charge in [-0.05, 0) is 36.4 Å². The number of ether oxygens (including phenoxy) is 1. The molecule has 0 radical (unpaired) electrons. The van der Waals surface area contributed by atoms with Crippen molar-refractivity contribution < 1.29 is 9.53 Å². The maximum absolute atomic E-state index is 12.5. The summed E-state index contributed by atoms with van der Waals surface area (Å²) in [5.41, 5.74) is 2.32. The van der Waals surface area contributed by atoms with Gasteiger partial charge in [0.2, 0.25) is 5.91 Å². The number of hydrogen-bond acceptors (Lipinski definition) is 6. The Labute approximate surface area is 172 Å². The number of nitrogens with zero attached hydrogens (tertiary/aromatic N) is 4. The van der Waals surface area contributed by atoms with Crippen molar-refractivity contribution in [1.82, 2.24) is 14.8 Å². The summed E-state index contributed by atoms with van der Waals surface area (Å²) in [6.07, 6.45) is 1.61. The first-order valence-corrected chi connectivity index (χ1v) is 9.79. The van der Waals surface area contributed by atoms with Gasteiger partial charge in [0.05, 0.1) is 29.3 Å². The molecule has 1 amide bonds. The number of para-hydroxylation sites is 1. The summed E-state index contributed by atoms with van der Waals surface area (Å²) in [6.45, 7) is 0. The molecule has 0 saturated carbocycles. The molecule has 0 unspecified atom stereocenters. The highest BCUT2D eigenvalue weighted by atomic mass is 35.5. The normalized spacial score (nSPS) is 10.6. The van der Waals surface area contributed by atoms with Gasteiger partial charge in [0, 0.05) is 19.8 Å². The molecule has 0 fully saturated rings. The van der Waals surface area contributed by atoms with Crippen LogP contribution in [0.15, 0.2) is 53.9 Å². The van der Waals surface area contributed by atoms with Crippen molar-refractivity contribution in [3.63, 3.8) is 0 Å². The van der Waals surface area contributed by atoms with Gasteiger partial charge in [0.25, 0.3) is 0 Å². The Kier molecular flexibility index (Phi) is 6.43. The molecule has 0 aliphatic rings. The molecule has 28 heavy (non-hydrogen) atoms. The van der Waals surface area contributed by atoms with Crippen LogP contribution in [0.5, 0.6) is 5.75 Å². The molecule has 0 spiro atoms. The lowest BCUT2D eigenvalue weighted by molar-refractivity contribution is -0.113. The second-order valence-corrected chi connectivity index (χ2v) is 7.40. The lowest BCUT2D eigenvalue weighted by Gasteiger charge is -2.19. The number of rotatable bonds is 7. The molecule has 1 N–H and O–H groups in total. The lowest BCUT2D eigenvalue weighted by Crippen LogP contribution is -2.18. The number of carbonyl (C=O) groups excluding carboxylic acids is 1. The Morgan fingerprint density at radius 1 is 1.25 bits per heavy atom. The molecule has 0 atom stereocenters. The molecule has 7 nitrogen and oxygen atoms in total. The van der Waals surface area contributed by atoms with Crippen LogP contribution < -0.4 is 15.0 Å². The molecule has 146 valence electrons. The van der Waals surface area contributed by atoms with Crippen LogP contribution in [0.2, 0.25) is 5.02 Å². The predicted octanol–water partition coefficient (Wildman–Crippen LogP) is 3.73. The Morgan fingerprint density at radius 3 is 2.68 bits per heavy atom.